The summed E-state index contributed by atoms with van der Waals surface area (Å²) in [5, 5.41) is 19.4. The highest BCUT2D eigenvalue weighted by Crippen LogP contribution is 2.18. The number of esters is 1. The molecule has 0 spiro atoms. The van der Waals surface area contributed by atoms with Crippen molar-refractivity contribution >= 4 is 28.7 Å². The Morgan fingerprint density at radius 3 is 2.65 bits per heavy atom. The van der Waals surface area contributed by atoms with Gasteiger partial charge in [0.1, 0.15) is 18.2 Å². The first-order chi connectivity index (χ1) is 12.7. The maximum absolute atomic E-state index is 11.8. The Bertz CT molecular complexity index is 994. The number of aromatic nitrogens is 2. The molecule has 0 fully saturated rings. The number of aliphatic hydroxyl groups is 1. The Morgan fingerprint density at radius 1 is 1.19 bits per heavy atom. The average molecular weight is 345 g/mol. The van der Waals surface area contributed by atoms with Crippen LogP contribution in [0, 0.1) is 11.3 Å². The van der Waals surface area contributed by atoms with Gasteiger partial charge in [0, 0.05) is 6.08 Å². The minimum atomic E-state index is -0.623. The zero-order valence-electron chi connectivity index (χ0n) is 13.7. The van der Waals surface area contributed by atoms with E-state index in [1.165, 1.54) is 6.08 Å². The highest BCUT2D eigenvalue weighted by atomic mass is 16.5. The molecule has 0 bridgehead atoms. The van der Waals surface area contributed by atoms with Crippen LogP contribution in [0.4, 0.5) is 0 Å². The van der Waals surface area contributed by atoms with Crippen LogP contribution in [0.25, 0.3) is 22.7 Å². The van der Waals surface area contributed by atoms with Crippen molar-refractivity contribution in [3.8, 4) is 6.07 Å². The molecule has 128 valence electrons. The molecule has 2 N–H and O–H groups in total. The number of aromatic amines is 1. The first kappa shape index (κ1) is 17.0. The summed E-state index contributed by atoms with van der Waals surface area (Å²) >= 11 is 0. The van der Waals surface area contributed by atoms with Gasteiger partial charge in [0.15, 0.2) is 11.6 Å². The number of hydrogen-bond donors (Lipinski definition) is 2. The SMILES string of the molecule is N#C/C(=C(/O)COC(=O)/C=C/c1ccccc1)c1nc2ccccc2[nH]1. The number of carbonyl (C=O) groups is 1. The molecule has 3 aromatic rings. The number of imidazole rings is 1. The number of nitrogens with one attached hydrogen (secondary N) is 1. The highest BCUT2D eigenvalue weighted by molar-refractivity contribution is 5.87. The van der Waals surface area contributed by atoms with Crippen LogP contribution in [0.5, 0.6) is 0 Å². The molecule has 0 saturated carbocycles. The van der Waals surface area contributed by atoms with Crippen molar-refractivity contribution in [1.82, 2.24) is 9.97 Å². The van der Waals surface area contributed by atoms with Crippen LogP contribution < -0.4 is 0 Å². The van der Waals surface area contributed by atoms with Gasteiger partial charge in [0.25, 0.3) is 0 Å². The number of hydrogen-bond acceptors (Lipinski definition) is 5. The molecule has 26 heavy (non-hydrogen) atoms. The van der Waals surface area contributed by atoms with Gasteiger partial charge in [-0.3, -0.25) is 0 Å². The monoisotopic (exact) mass is 345 g/mol. The standard InChI is InChI=1S/C20H15N3O3/c21-12-15(20-22-16-8-4-5-9-17(16)23-20)18(24)13-26-19(25)11-10-14-6-2-1-3-7-14/h1-11,24H,13H2,(H,22,23)/b11-10+,18-15-. The molecular weight excluding hydrogens is 330 g/mol. The number of benzene rings is 2. The summed E-state index contributed by atoms with van der Waals surface area (Å²) < 4.78 is 4.98. The van der Waals surface area contributed by atoms with E-state index in [9.17, 15) is 15.2 Å². The Morgan fingerprint density at radius 2 is 1.92 bits per heavy atom. The number of aliphatic hydroxyl groups excluding tert-OH is 1. The molecule has 0 amide bonds. The quantitative estimate of drug-likeness (QED) is 0.318. The number of fused-ring (bicyclic) bond motifs is 1. The summed E-state index contributed by atoms with van der Waals surface area (Å²) in [7, 11) is 0. The molecular formula is C20H15N3O3. The number of ether oxygens (including phenoxy) is 1. The molecule has 0 aliphatic carbocycles. The fourth-order valence-electron chi connectivity index (χ4n) is 2.31. The molecule has 1 aromatic heterocycles. The Kier molecular flexibility index (Phi) is 5.11. The van der Waals surface area contributed by atoms with Crippen LogP contribution in [0.2, 0.25) is 0 Å². The minimum Gasteiger partial charge on any atom is -0.507 e. The fourth-order valence-corrected chi connectivity index (χ4v) is 2.31. The Hall–Kier alpha value is -3.85. The number of nitrogens with zero attached hydrogens (tertiary/aromatic N) is 2. The Labute approximate surface area is 149 Å². The van der Waals surface area contributed by atoms with E-state index in [1.54, 1.807) is 12.1 Å². The molecule has 3 rings (SSSR count). The average Bonchev–Trinajstić information content (AvgIpc) is 3.09. The molecule has 6 nitrogen and oxygen atoms in total. The number of rotatable bonds is 5. The summed E-state index contributed by atoms with van der Waals surface area (Å²) in [6, 6.07) is 18.4. The van der Waals surface area contributed by atoms with Crippen LogP contribution in [0.15, 0.2) is 66.4 Å². The molecule has 0 aliphatic heterocycles. The summed E-state index contributed by atoms with van der Waals surface area (Å²) in [6.45, 7) is -0.419. The van der Waals surface area contributed by atoms with E-state index in [0.29, 0.717) is 5.52 Å². The van der Waals surface area contributed by atoms with Gasteiger partial charge in [-0.2, -0.15) is 5.26 Å². The third-order valence-electron chi connectivity index (χ3n) is 3.59. The van der Waals surface area contributed by atoms with E-state index in [-0.39, 0.29) is 17.2 Å². The molecule has 2 aromatic carbocycles. The normalized spacial score (nSPS) is 12.0. The smallest absolute Gasteiger partial charge is 0.331 e. The maximum Gasteiger partial charge on any atom is 0.331 e. The topological polar surface area (TPSA) is 99.0 Å². The van der Waals surface area contributed by atoms with Gasteiger partial charge in [0.05, 0.1) is 11.0 Å². The van der Waals surface area contributed by atoms with Crippen LogP contribution in [-0.2, 0) is 9.53 Å². The van der Waals surface area contributed by atoms with Crippen molar-refractivity contribution in [2.45, 2.75) is 0 Å². The third kappa shape index (κ3) is 3.97. The first-order valence-electron chi connectivity index (χ1n) is 7.84. The molecule has 0 saturated heterocycles. The van der Waals surface area contributed by atoms with E-state index in [2.05, 4.69) is 9.97 Å². The molecule has 0 aliphatic rings. The van der Waals surface area contributed by atoms with Crippen LogP contribution in [-0.4, -0.2) is 27.7 Å². The third-order valence-corrected chi connectivity index (χ3v) is 3.59. The van der Waals surface area contributed by atoms with Gasteiger partial charge in [0.2, 0.25) is 0 Å². The summed E-state index contributed by atoms with van der Waals surface area (Å²) in [4.78, 5) is 19.0. The summed E-state index contributed by atoms with van der Waals surface area (Å²) in [6.07, 6.45) is 2.86. The largest absolute Gasteiger partial charge is 0.507 e. The van der Waals surface area contributed by atoms with Gasteiger partial charge >= 0.3 is 5.97 Å². The lowest BCUT2D eigenvalue weighted by atomic mass is 10.2. The molecule has 1 heterocycles. The number of para-hydroxylation sites is 2. The van der Waals surface area contributed by atoms with E-state index < -0.39 is 12.6 Å². The molecule has 0 atom stereocenters. The van der Waals surface area contributed by atoms with Gasteiger partial charge in [-0.05, 0) is 23.8 Å². The van der Waals surface area contributed by atoms with Gasteiger partial charge < -0.3 is 14.8 Å². The first-order valence-corrected chi connectivity index (χ1v) is 7.84. The van der Waals surface area contributed by atoms with Crippen LogP contribution >= 0.6 is 0 Å². The van der Waals surface area contributed by atoms with Crippen molar-refractivity contribution in [2.75, 3.05) is 6.61 Å². The zero-order valence-corrected chi connectivity index (χ0v) is 13.7. The lowest BCUT2D eigenvalue weighted by molar-refractivity contribution is -0.137. The highest BCUT2D eigenvalue weighted by Gasteiger charge is 2.14. The fraction of sp³-hybridized carbons (Fsp3) is 0.0500. The van der Waals surface area contributed by atoms with Crippen molar-refractivity contribution < 1.29 is 14.6 Å². The van der Waals surface area contributed by atoms with E-state index >= 15 is 0 Å². The van der Waals surface area contributed by atoms with Crippen molar-refractivity contribution in [2.24, 2.45) is 0 Å². The van der Waals surface area contributed by atoms with E-state index in [0.717, 1.165) is 11.1 Å². The lowest BCUT2D eigenvalue weighted by Crippen LogP contribution is -2.06. The van der Waals surface area contributed by atoms with E-state index in [1.807, 2.05) is 54.6 Å². The summed E-state index contributed by atoms with van der Waals surface area (Å²) in [5.41, 5.74) is 2.20. The molecule has 0 radical (unpaired) electrons. The van der Waals surface area contributed by atoms with E-state index in [4.69, 9.17) is 4.74 Å². The number of carbonyl (C=O) groups excluding carboxylic acids is 1. The van der Waals surface area contributed by atoms with Crippen LogP contribution in [0.3, 0.4) is 0 Å². The van der Waals surface area contributed by atoms with Gasteiger partial charge in [-0.15, -0.1) is 0 Å². The zero-order chi connectivity index (χ0) is 18.4. The Balaban J connectivity index is 1.70. The second-order valence-electron chi connectivity index (χ2n) is 5.39. The lowest BCUT2D eigenvalue weighted by Gasteiger charge is -2.03. The molecule has 6 heteroatoms. The minimum absolute atomic E-state index is 0.0685. The van der Waals surface area contributed by atoms with Crippen molar-refractivity contribution in [1.29, 1.82) is 5.26 Å². The second kappa shape index (κ2) is 7.81. The summed E-state index contributed by atoms with van der Waals surface area (Å²) in [5.74, 6) is -0.766. The maximum atomic E-state index is 11.8. The predicted octanol–water partition coefficient (Wildman–Crippen LogP) is 3.61. The van der Waals surface area contributed by atoms with Crippen molar-refractivity contribution in [3.05, 3.63) is 77.8 Å². The van der Waals surface area contributed by atoms with Crippen molar-refractivity contribution in [3.63, 3.8) is 0 Å². The molecule has 0 unspecified atom stereocenters. The second-order valence-corrected chi connectivity index (χ2v) is 5.39. The predicted molar refractivity (Wildman–Crippen MR) is 97.7 cm³/mol. The van der Waals surface area contributed by atoms with Gasteiger partial charge in [-0.1, -0.05) is 42.5 Å². The van der Waals surface area contributed by atoms with Gasteiger partial charge in [-0.25, -0.2) is 9.78 Å². The number of allylic oxidation sites excluding steroid dienone is 1. The number of nitriles is 1. The number of H-pyrrole nitrogens is 1. The van der Waals surface area contributed by atoms with Crippen LogP contribution in [0.1, 0.15) is 11.4 Å².